The number of hydrogen-bond acceptors (Lipinski definition) is 5. The Labute approximate surface area is 186 Å². The number of imide groups is 1. The number of hydrogen-bond donors (Lipinski definition) is 0. The zero-order valence-corrected chi connectivity index (χ0v) is 20.0. The van der Waals surface area contributed by atoms with E-state index in [0.717, 1.165) is 50.7 Å². The van der Waals surface area contributed by atoms with Crippen molar-refractivity contribution in [1.82, 2.24) is 4.90 Å². The van der Waals surface area contributed by atoms with Crippen molar-refractivity contribution in [1.29, 1.82) is 0 Å². The molecule has 2 fully saturated rings. The minimum absolute atomic E-state index is 0.0274. The van der Waals surface area contributed by atoms with Gasteiger partial charge in [-0.2, -0.15) is 0 Å². The average molecular weight is 438 g/mol. The van der Waals surface area contributed by atoms with Crippen molar-refractivity contribution in [3.63, 3.8) is 0 Å². The van der Waals surface area contributed by atoms with E-state index in [9.17, 15) is 19.2 Å². The second-order valence-electron chi connectivity index (χ2n) is 9.61. The number of carbonyl (C=O) groups is 4. The molecule has 1 aliphatic carbocycles. The van der Waals surface area contributed by atoms with Crippen molar-refractivity contribution < 1.29 is 19.2 Å². The lowest BCUT2D eigenvalue weighted by Gasteiger charge is -2.30. The van der Waals surface area contributed by atoms with Gasteiger partial charge in [0, 0.05) is 37.1 Å². The normalized spacial score (nSPS) is 24.9. The zero-order valence-electron chi connectivity index (χ0n) is 19.2. The summed E-state index contributed by atoms with van der Waals surface area (Å²) >= 11 is 1.59. The van der Waals surface area contributed by atoms with Gasteiger partial charge in [-0.15, -0.1) is 11.8 Å². The van der Waals surface area contributed by atoms with Gasteiger partial charge in [0.1, 0.15) is 11.6 Å². The summed E-state index contributed by atoms with van der Waals surface area (Å²) in [6.07, 6.45) is 7.44. The van der Waals surface area contributed by atoms with E-state index < -0.39 is 0 Å². The van der Waals surface area contributed by atoms with Gasteiger partial charge in [-0.25, -0.2) is 0 Å². The fourth-order valence-electron chi connectivity index (χ4n) is 4.43. The molecule has 5 nitrogen and oxygen atoms in total. The van der Waals surface area contributed by atoms with Crippen LogP contribution in [0.2, 0.25) is 0 Å². The van der Waals surface area contributed by atoms with Crippen LogP contribution in [-0.2, 0) is 19.2 Å². The van der Waals surface area contributed by atoms with Gasteiger partial charge in [-0.3, -0.25) is 24.1 Å². The molecule has 0 bridgehead atoms. The van der Waals surface area contributed by atoms with E-state index in [0.29, 0.717) is 36.9 Å². The second kappa shape index (κ2) is 12.0. The molecule has 1 saturated carbocycles. The first-order valence-electron chi connectivity index (χ1n) is 11.7. The maximum absolute atomic E-state index is 12.7. The molecule has 1 atom stereocenters. The van der Waals surface area contributed by atoms with E-state index in [1.807, 2.05) is 27.7 Å². The molecule has 30 heavy (non-hydrogen) atoms. The molecule has 1 saturated heterocycles. The molecule has 1 heterocycles. The lowest BCUT2D eigenvalue weighted by atomic mass is 9.77. The van der Waals surface area contributed by atoms with E-state index in [1.165, 1.54) is 4.90 Å². The lowest BCUT2D eigenvalue weighted by molar-refractivity contribution is -0.139. The summed E-state index contributed by atoms with van der Waals surface area (Å²) in [6, 6.07) is 0. The van der Waals surface area contributed by atoms with Crippen molar-refractivity contribution in [2.24, 2.45) is 23.7 Å². The molecule has 0 aromatic rings. The summed E-state index contributed by atoms with van der Waals surface area (Å²) in [4.78, 5) is 50.4. The SMILES string of the molecule is CC(C)C(=O)CCCCCSC1CC(=O)N(CC2CCC(C(=O)C(C)C)CC2)C1=O. The molecule has 1 aliphatic heterocycles. The van der Waals surface area contributed by atoms with Gasteiger partial charge < -0.3 is 0 Å². The number of nitrogens with zero attached hydrogens (tertiary/aromatic N) is 1. The van der Waals surface area contributed by atoms with Crippen LogP contribution in [0.15, 0.2) is 0 Å². The maximum Gasteiger partial charge on any atom is 0.242 e. The van der Waals surface area contributed by atoms with Gasteiger partial charge in [0.2, 0.25) is 11.8 Å². The van der Waals surface area contributed by atoms with Gasteiger partial charge in [0.05, 0.1) is 5.25 Å². The molecule has 2 amide bonds. The summed E-state index contributed by atoms with van der Waals surface area (Å²) in [5.41, 5.74) is 0. The first-order valence-corrected chi connectivity index (χ1v) is 12.8. The molecule has 2 aliphatic rings. The highest BCUT2D eigenvalue weighted by Gasteiger charge is 2.40. The highest BCUT2D eigenvalue weighted by atomic mass is 32.2. The van der Waals surface area contributed by atoms with Crippen LogP contribution in [0.5, 0.6) is 0 Å². The minimum Gasteiger partial charge on any atom is -0.299 e. The third kappa shape index (κ3) is 7.21. The van der Waals surface area contributed by atoms with Crippen LogP contribution in [0.4, 0.5) is 0 Å². The number of thioether (sulfide) groups is 1. The predicted octanol–water partition coefficient (Wildman–Crippen LogP) is 4.66. The Morgan fingerprint density at radius 1 is 0.967 bits per heavy atom. The van der Waals surface area contributed by atoms with Crippen LogP contribution >= 0.6 is 11.8 Å². The van der Waals surface area contributed by atoms with E-state index in [-0.39, 0.29) is 34.8 Å². The van der Waals surface area contributed by atoms with Gasteiger partial charge in [0.25, 0.3) is 0 Å². The first-order chi connectivity index (χ1) is 14.2. The van der Waals surface area contributed by atoms with Crippen molar-refractivity contribution >= 4 is 35.1 Å². The first kappa shape index (κ1) is 25.1. The van der Waals surface area contributed by atoms with E-state index in [2.05, 4.69) is 0 Å². The molecule has 1 unspecified atom stereocenters. The van der Waals surface area contributed by atoms with Crippen molar-refractivity contribution in [2.45, 2.75) is 90.7 Å². The maximum atomic E-state index is 12.7. The molecule has 2 rings (SSSR count). The van der Waals surface area contributed by atoms with Crippen LogP contribution in [0, 0.1) is 23.7 Å². The van der Waals surface area contributed by atoms with Crippen LogP contribution in [0.1, 0.15) is 85.5 Å². The molecule has 170 valence electrons. The van der Waals surface area contributed by atoms with Gasteiger partial charge in [-0.1, -0.05) is 34.1 Å². The molecule has 0 aromatic carbocycles. The Balaban J connectivity index is 1.67. The number of ketones is 2. The van der Waals surface area contributed by atoms with Crippen LogP contribution in [0.25, 0.3) is 0 Å². The Morgan fingerprint density at radius 2 is 1.63 bits per heavy atom. The smallest absolute Gasteiger partial charge is 0.242 e. The summed E-state index contributed by atoms with van der Waals surface area (Å²) < 4.78 is 0. The van der Waals surface area contributed by atoms with Crippen LogP contribution in [-0.4, -0.2) is 45.8 Å². The Kier molecular flexibility index (Phi) is 10.1. The number of Topliss-reactive ketones (excluding diaryl/α,β-unsaturated/α-hetero) is 2. The number of unbranched alkanes of at least 4 members (excludes halogenated alkanes) is 2. The van der Waals surface area contributed by atoms with E-state index in [1.54, 1.807) is 11.8 Å². The van der Waals surface area contributed by atoms with Crippen molar-refractivity contribution in [2.75, 3.05) is 12.3 Å². The number of likely N-dealkylation sites (tertiary alicyclic amines) is 1. The number of rotatable bonds is 12. The second-order valence-corrected chi connectivity index (χ2v) is 10.9. The monoisotopic (exact) mass is 437 g/mol. The molecule has 0 radical (unpaired) electrons. The fourth-order valence-corrected chi connectivity index (χ4v) is 5.61. The highest BCUT2D eigenvalue weighted by molar-refractivity contribution is 8.00. The Bertz CT molecular complexity index is 623. The molecule has 6 heteroatoms. The minimum atomic E-state index is -0.242. The van der Waals surface area contributed by atoms with Crippen LogP contribution in [0.3, 0.4) is 0 Å². The summed E-state index contributed by atoms with van der Waals surface area (Å²) in [5.74, 6) is 2.14. The summed E-state index contributed by atoms with van der Waals surface area (Å²) in [6.45, 7) is 8.31. The topological polar surface area (TPSA) is 71.5 Å². The molecule has 0 N–H and O–H groups in total. The molecule has 0 aromatic heterocycles. The Hall–Kier alpha value is -1.17. The van der Waals surface area contributed by atoms with Gasteiger partial charge in [0.15, 0.2) is 0 Å². The van der Waals surface area contributed by atoms with Crippen molar-refractivity contribution in [3.05, 3.63) is 0 Å². The third-order valence-corrected chi connectivity index (χ3v) is 7.79. The quantitative estimate of drug-likeness (QED) is 0.328. The number of amides is 2. The highest BCUT2D eigenvalue weighted by Crippen LogP contribution is 2.33. The standard InChI is InChI=1S/C24H39NO4S/c1-16(2)20(26)8-6-5-7-13-30-21-14-22(27)25(24(21)29)15-18-9-11-19(12-10-18)23(28)17(3)4/h16-19,21H,5-15H2,1-4H3. The zero-order chi connectivity index (χ0) is 22.3. The lowest BCUT2D eigenvalue weighted by Crippen LogP contribution is -2.37. The van der Waals surface area contributed by atoms with E-state index >= 15 is 0 Å². The van der Waals surface area contributed by atoms with Crippen molar-refractivity contribution in [3.8, 4) is 0 Å². The average Bonchev–Trinajstić information content (AvgIpc) is 2.97. The fraction of sp³-hybridized carbons (Fsp3) is 0.833. The molecular formula is C24H39NO4S. The predicted molar refractivity (Wildman–Crippen MR) is 121 cm³/mol. The third-order valence-electron chi connectivity index (χ3n) is 6.49. The largest absolute Gasteiger partial charge is 0.299 e. The summed E-state index contributed by atoms with van der Waals surface area (Å²) in [7, 11) is 0. The molecular weight excluding hydrogens is 398 g/mol. The Morgan fingerprint density at radius 3 is 2.23 bits per heavy atom. The van der Waals surface area contributed by atoms with E-state index in [4.69, 9.17) is 0 Å². The summed E-state index contributed by atoms with van der Waals surface area (Å²) in [5, 5.41) is -0.242. The number of carbonyl (C=O) groups excluding carboxylic acids is 4. The van der Waals surface area contributed by atoms with Crippen LogP contribution < -0.4 is 0 Å². The van der Waals surface area contributed by atoms with Gasteiger partial charge in [-0.05, 0) is 50.2 Å². The molecule has 0 spiro atoms. The van der Waals surface area contributed by atoms with Gasteiger partial charge >= 0.3 is 0 Å².